The first kappa shape index (κ1) is 26.3. The highest BCUT2D eigenvalue weighted by Crippen LogP contribution is 2.42. The quantitative estimate of drug-likeness (QED) is 0.130. The first-order valence-electron chi connectivity index (χ1n) is 14.1. The fraction of sp³-hybridized carbons (Fsp3) is 0.108. The van der Waals surface area contributed by atoms with E-state index in [4.69, 9.17) is 0 Å². The Kier molecular flexibility index (Phi) is 6.90. The molecular formula is C37H28FNO2S. The summed E-state index contributed by atoms with van der Waals surface area (Å²) in [5, 5.41) is 10.6. The Labute approximate surface area is 248 Å². The second-order valence-corrected chi connectivity index (χ2v) is 11.8. The zero-order valence-electron chi connectivity index (χ0n) is 22.9. The number of allylic oxidation sites excluding steroid dienone is 1. The highest BCUT2D eigenvalue weighted by atomic mass is 32.1. The van der Waals surface area contributed by atoms with Crippen LogP contribution in [-0.4, -0.2) is 11.1 Å². The molecule has 0 unspecified atom stereocenters. The average molecular weight is 570 g/mol. The SMILES string of the molecule is O=C(C=Cc1ccc(-c2ccc(C3=Cc4ccc5c(c4CC3)CCc3ccccc3-5)s2)cc1)N(O)c1ccc(F)cc1. The van der Waals surface area contributed by atoms with Gasteiger partial charge in [0.15, 0.2) is 0 Å². The molecule has 0 bridgehead atoms. The number of hydrogen-bond acceptors (Lipinski definition) is 3. The standard InChI is InChI=1S/C37H28FNO2S/c38-29-13-15-30(16-14-29)39(41)37(40)22-7-24-5-8-26(9-6-24)35-20-21-36(42-35)28-12-17-32-27(23-28)11-19-33-31-4-2-1-3-25(31)10-18-34(32)33/h1-9,11,13-16,19-23,41H,10,12,17-18H2. The van der Waals surface area contributed by atoms with Crippen LogP contribution in [0.5, 0.6) is 0 Å². The van der Waals surface area contributed by atoms with Crippen molar-refractivity contribution in [2.75, 3.05) is 5.06 Å². The lowest BCUT2D eigenvalue weighted by Gasteiger charge is -2.26. The van der Waals surface area contributed by atoms with Crippen molar-refractivity contribution in [1.82, 2.24) is 0 Å². The van der Waals surface area contributed by atoms with Gasteiger partial charge in [0.25, 0.3) is 5.91 Å². The normalized spacial score (nSPS) is 13.7. The van der Waals surface area contributed by atoms with E-state index >= 15 is 0 Å². The molecule has 5 aromatic rings. The van der Waals surface area contributed by atoms with E-state index in [9.17, 15) is 14.4 Å². The highest BCUT2D eigenvalue weighted by Gasteiger charge is 2.23. The van der Waals surface area contributed by atoms with Gasteiger partial charge in [0.05, 0.1) is 5.69 Å². The van der Waals surface area contributed by atoms with Crippen LogP contribution in [0, 0.1) is 5.82 Å². The Morgan fingerprint density at radius 1 is 0.762 bits per heavy atom. The van der Waals surface area contributed by atoms with E-state index in [1.54, 1.807) is 17.4 Å². The van der Waals surface area contributed by atoms with Crippen LogP contribution >= 0.6 is 11.3 Å². The van der Waals surface area contributed by atoms with Gasteiger partial charge < -0.3 is 0 Å². The molecule has 3 nitrogen and oxygen atoms in total. The molecule has 2 aliphatic carbocycles. The number of amides is 1. The van der Waals surface area contributed by atoms with E-state index in [2.05, 4.69) is 54.6 Å². The van der Waals surface area contributed by atoms with Crippen LogP contribution in [0.3, 0.4) is 0 Å². The number of nitrogens with zero attached hydrogens (tertiary/aromatic N) is 1. The molecule has 5 heteroatoms. The minimum Gasteiger partial charge on any atom is -0.281 e. The number of carbonyl (C=O) groups is 1. The smallest absolute Gasteiger partial charge is 0.274 e. The van der Waals surface area contributed by atoms with E-state index in [0.717, 1.165) is 36.8 Å². The maximum atomic E-state index is 13.1. The molecule has 1 aromatic heterocycles. The molecule has 0 saturated heterocycles. The minimum absolute atomic E-state index is 0.205. The lowest BCUT2D eigenvalue weighted by Crippen LogP contribution is -2.24. The summed E-state index contributed by atoms with van der Waals surface area (Å²) in [4.78, 5) is 14.8. The molecule has 0 fully saturated rings. The predicted octanol–water partition coefficient (Wildman–Crippen LogP) is 9.24. The van der Waals surface area contributed by atoms with Crippen LogP contribution in [0.25, 0.3) is 39.3 Å². The van der Waals surface area contributed by atoms with Crippen molar-refractivity contribution in [3.63, 3.8) is 0 Å². The Hall–Kier alpha value is -4.58. The summed E-state index contributed by atoms with van der Waals surface area (Å²) in [6, 6.07) is 30.9. The number of benzene rings is 4. The number of thiophene rings is 1. The molecule has 42 heavy (non-hydrogen) atoms. The zero-order valence-corrected chi connectivity index (χ0v) is 23.7. The van der Waals surface area contributed by atoms with Gasteiger partial charge in [-0.1, -0.05) is 66.7 Å². The van der Waals surface area contributed by atoms with E-state index in [0.29, 0.717) is 5.06 Å². The molecule has 0 spiro atoms. The fourth-order valence-electron chi connectivity index (χ4n) is 6.03. The molecule has 4 aromatic carbocycles. The van der Waals surface area contributed by atoms with Gasteiger partial charge in [0.1, 0.15) is 5.82 Å². The van der Waals surface area contributed by atoms with Crippen molar-refractivity contribution in [3.8, 4) is 21.6 Å². The van der Waals surface area contributed by atoms with Crippen LogP contribution in [0.1, 0.15) is 39.1 Å². The fourth-order valence-corrected chi connectivity index (χ4v) is 7.08. The largest absolute Gasteiger partial charge is 0.281 e. The topological polar surface area (TPSA) is 40.5 Å². The summed E-state index contributed by atoms with van der Waals surface area (Å²) < 4.78 is 13.1. The number of hydrogen-bond donors (Lipinski definition) is 1. The van der Waals surface area contributed by atoms with E-state index in [1.807, 2.05) is 24.3 Å². The van der Waals surface area contributed by atoms with E-state index < -0.39 is 11.7 Å². The highest BCUT2D eigenvalue weighted by molar-refractivity contribution is 7.16. The van der Waals surface area contributed by atoms with Crippen molar-refractivity contribution in [3.05, 3.63) is 142 Å². The summed E-state index contributed by atoms with van der Waals surface area (Å²) in [6.45, 7) is 0. The number of aryl methyl sites for hydroxylation is 1. The Balaban J connectivity index is 1.06. The van der Waals surface area contributed by atoms with Gasteiger partial charge in [-0.15, -0.1) is 11.3 Å². The summed E-state index contributed by atoms with van der Waals surface area (Å²) in [5.41, 5.74) is 12.2. The number of anilines is 1. The van der Waals surface area contributed by atoms with E-state index in [-0.39, 0.29) is 5.69 Å². The Bertz CT molecular complexity index is 1870. The number of rotatable bonds is 5. The summed E-state index contributed by atoms with van der Waals surface area (Å²) in [5.74, 6) is -1.04. The van der Waals surface area contributed by atoms with Crippen LogP contribution in [-0.2, 0) is 24.1 Å². The maximum absolute atomic E-state index is 13.1. The van der Waals surface area contributed by atoms with E-state index in [1.165, 1.54) is 79.0 Å². The van der Waals surface area contributed by atoms with Gasteiger partial charge in [0, 0.05) is 15.8 Å². The van der Waals surface area contributed by atoms with Crippen LogP contribution in [0.15, 0.2) is 103 Å². The Morgan fingerprint density at radius 3 is 2.36 bits per heavy atom. The van der Waals surface area contributed by atoms with Crippen molar-refractivity contribution < 1.29 is 14.4 Å². The molecule has 206 valence electrons. The van der Waals surface area contributed by atoms with Crippen LogP contribution in [0.2, 0.25) is 0 Å². The second-order valence-electron chi connectivity index (χ2n) is 10.7. The number of carbonyl (C=O) groups excluding carboxylic acids is 1. The molecule has 0 atom stereocenters. The van der Waals surface area contributed by atoms with Gasteiger partial charge in [0.2, 0.25) is 0 Å². The molecule has 2 aliphatic rings. The van der Waals surface area contributed by atoms with Gasteiger partial charge in [-0.05, 0) is 118 Å². The lowest BCUT2D eigenvalue weighted by molar-refractivity contribution is -0.118. The third-order valence-corrected chi connectivity index (χ3v) is 9.42. The molecule has 1 heterocycles. The number of hydroxylamine groups is 1. The maximum Gasteiger partial charge on any atom is 0.274 e. The van der Waals surface area contributed by atoms with Crippen molar-refractivity contribution in [2.45, 2.75) is 25.7 Å². The molecular weight excluding hydrogens is 541 g/mol. The predicted molar refractivity (Wildman–Crippen MR) is 170 cm³/mol. The van der Waals surface area contributed by atoms with Gasteiger partial charge in [-0.2, -0.15) is 5.06 Å². The van der Waals surface area contributed by atoms with Crippen molar-refractivity contribution in [2.24, 2.45) is 0 Å². The first-order chi connectivity index (χ1) is 20.5. The van der Waals surface area contributed by atoms with Gasteiger partial charge in [-0.3, -0.25) is 10.0 Å². The number of halogens is 1. The zero-order chi connectivity index (χ0) is 28.6. The minimum atomic E-state index is -0.610. The monoisotopic (exact) mass is 569 g/mol. The molecule has 0 saturated carbocycles. The first-order valence-corrected chi connectivity index (χ1v) is 15.0. The second kappa shape index (κ2) is 11.0. The lowest BCUT2D eigenvalue weighted by atomic mass is 9.78. The molecule has 1 amide bonds. The van der Waals surface area contributed by atoms with Gasteiger partial charge >= 0.3 is 0 Å². The summed E-state index contributed by atoms with van der Waals surface area (Å²) in [6.07, 6.45) is 9.69. The third-order valence-electron chi connectivity index (χ3n) is 8.21. The summed E-state index contributed by atoms with van der Waals surface area (Å²) >= 11 is 1.81. The molecule has 1 N–H and O–H groups in total. The summed E-state index contributed by atoms with van der Waals surface area (Å²) in [7, 11) is 0. The van der Waals surface area contributed by atoms with Crippen molar-refractivity contribution in [1.29, 1.82) is 0 Å². The molecule has 0 radical (unpaired) electrons. The molecule has 0 aliphatic heterocycles. The molecule has 7 rings (SSSR count). The third kappa shape index (κ3) is 5.02. The average Bonchev–Trinajstić information content (AvgIpc) is 3.54. The van der Waals surface area contributed by atoms with Gasteiger partial charge in [-0.25, -0.2) is 4.39 Å². The Morgan fingerprint density at radius 2 is 1.52 bits per heavy atom. The van der Waals surface area contributed by atoms with Crippen LogP contribution in [0.4, 0.5) is 10.1 Å². The number of fused-ring (bicyclic) bond motifs is 5. The van der Waals surface area contributed by atoms with Crippen LogP contribution < -0.4 is 5.06 Å². The van der Waals surface area contributed by atoms with Crippen molar-refractivity contribution >= 4 is 40.7 Å².